The number of fused-ring (bicyclic) bond motifs is 30. The summed E-state index contributed by atoms with van der Waals surface area (Å²) in [5, 5.41) is 50.5. The normalized spacial score (nSPS) is 14.4. The number of aromatic nitrogens is 9. The number of nitrogens with zero attached hydrogens (tertiary/aromatic N) is 9. The molecule has 43 nitrogen and oxygen atoms in total. The number of rotatable bonds is 20. The molecule has 9 aromatic rings. The fourth-order valence-electron chi connectivity index (χ4n) is 13.1. The predicted octanol–water partition coefficient (Wildman–Crippen LogP) is 12.5. The van der Waals surface area contributed by atoms with Crippen molar-refractivity contribution in [2.45, 2.75) is 188 Å². The van der Waals surface area contributed by atoms with Gasteiger partial charge in [-0.2, -0.15) is 44.9 Å². The van der Waals surface area contributed by atoms with E-state index in [1.165, 1.54) is 13.2 Å². The second-order valence-electron chi connectivity index (χ2n) is 33.2. The monoisotopic (exact) mass is 1910 g/mol. The van der Waals surface area contributed by atoms with Crippen molar-refractivity contribution in [1.82, 2.24) is 71.4 Å². The van der Waals surface area contributed by atoms with Crippen LogP contribution in [0.1, 0.15) is 187 Å². The van der Waals surface area contributed by atoms with Gasteiger partial charge in [-0.3, -0.25) is 14.4 Å². The van der Waals surface area contributed by atoms with E-state index in [1.807, 2.05) is 93.6 Å². The quantitative estimate of drug-likeness (QED) is 0.0249. The lowest BCUT2D eigenvalue weighted by atomic mass is 10.1. The van der Waals surface area contributed by atoms with E-state index in [-0.39, 0.29) is 88.9 Å². The van der Waals surface area contributed by atoms with Crippen LogP contribution in [0.25, 0.3) is 0 Å². The highest BCUT2D eigenvalue weighted by atomic mass is 16.6. The molecule has 0 radical (unpaired) electrons. The third kappa shape index (κ3) is 36.1. The highest BCUT2D eigenvalue weighted by molar-refractivity contribution is 6.01. The van der Waals surface area contributed by atoms with Gasteiger partial charge in [0.25, 0.3) is 17.7 Å². The van der Waals surface area contributed by atoms with Gasteiger partial charge < -0.3 is 131 Å². The van der Waals surface area contributed by atoms with Crippen LogP contribution >= 0.6 is 0 Å². The molecule has 15 N–H and O–H groups in total. The number of esters is 1. The van der Waals surface area contributed by atoms with Gasteiger partial charge in [0.15, 0.2) is 0 Å². The number of methoxy groups -OCH3 is 1. The van der Waals surface area contributed by atoms with Crippen LogP contribution in [-0.4, -0.2) is 218 Å². The van der Waals surface area contributed by atoms with Crippen LogP contribution in [0.5, 0.6) is 52.5 Å². The average Bonchev–Trinajstić information content (AvgIpc) is 0.872. The lowest BCUT2D eigenvalue weighted by Gasteiger charge is -2.22. The highest BCUT2D eigenvalue weighted by Crippen LogP contribution is 2.32. The van der Waals surface area contributed by atoms with Crippen LogP contribution in [0.15, 0.2) is 127 Å². The molecule has 43 heteroatoms. The number of nitrogens with one attached hydrogen (secondary N) is 11. The minimum absolute atomic E-state index is 0.105. The summed E-state index contributed by atoms with van der Waals surface area (Å²) < 4.78 is 67.8. The molecule has 6 aliphatic rings. The van der Waals surface area contributed by atoms with Crippen molar-refractivity contribution in [2.75, 3.05) is 118 Å². The van der Waals surface area contributed by atoms with Crippen LogP contribution in [0.4, 0.5) is 62.3 Å². The van der Waals surface area contributed by atoms with Crippen LogP contribution in [0.3, 0.4) is 0 Å². The Labute approximate surface area is 799 Å². The van der Waals surface area contributed by atoms with E-state index >= 15 is 0 Å². The second kappa shape index (κ2) is 53.7. The first-order valence-corrected chi connectivity index (χ1v) is 45.7. The molecule has 0 saturated heterocycles. The summed E-state index contributed by atoms with van der Waals surface area (Å²) in [5.41, 5.74) is 9.06. The summed E-state index contributed by atoms with van der Waals surface area (Å²) in [7, 11) is 1.19. The Bertz CT molecular complexity index is 5480. The third-order valence-electron chi connectivity index (χ3n) is 19.9. The highest BCUT2D eigenvalue weighted by Gasteiger charge is 2.30. The average molecular weight is 1910 g/mol. The van der Waals surface area contributed by atoms with Crippen molar-refractivity contribution in [3.63, 3.8) is 0 Å². The number of anilines is 9. The Morgan fingerprint density at radius 1 is 0.377 bits per heavy atom. The molecule has 0 saturated carbocycles. The molecule has 15 rings (SSSR count). The van der Waals surface area contributed by atoms with Gasteiger partial charge in [0.05, 0.1) is 96.4 Å². The van der Waals surface area contributed by atoms with E-state index in [9.17, 15) is 48.6 Å². The molecule has 138 heavy (non-hydrogen) atoms. The largest absolute Gasteiger partial charge is 0.494 e. The zero-order valence-electron chi connectivity index (χ0n) is 79.1. The zero-order chi connectivity index (χ0) is 98.8. The minimum Gasteiger partial charge on any atom is -0.494 e. The van der Waals surface area contributed by atoms with Crippen molar-refractivity contribution in [1.29, 1.82) is 0 Å². The molecule has 0 aliphatic carbocycles. The molecular formula is C95H123N21O22. The fraction of sp³-hybridized carbons (Fsp3) is 0.442. The van der Waals surface area contributed by atoms with Crippen LogP contribution in [0, 0.1) is 0 Å². The van der Waals surface area contributed by atoms with Crippen LogP contribution in [-0.2, 0) is 48.2 Å². The molecule has 6 aliphatic heterocycles. The smallest absolute Gasteiger partial charge is 0.407 e. The summed E-state index contributed by atoms with van der Waals surface area (Å²) >= 11 is 0. The molecule has 18 bridgehead atoms. The molecular weight excluding hydrogens is 1790 g/mol. The van der Waals surface area contributed by atoms with E-state index in [0.29, 0.717) is 114 Å². The van der Waals surface area contributed by atoms with Crippen molar-refractivity contribution >= 4 is 101 Å². The molecule has 0 unspecified atom stereocenters. The van der Waals surface area contributed by atoms with E-state index in [0.717, 1.165) is 105 Å². The van der Waals surface area contributed by atoms with E-state index in [1.54, 1.807) is 90.1 Å². The first-order valence-electron chi connectivity index (χ1n) is 45.7. The zero-order valence-corrected chi connectivity index (χ0v) is 79.1. The van der Waals surface area contributed by atoms with Gasteiger partial charge in [-0.1, -0.05) is 36.4 Å². The first-order chi connectivity index (χ1) is 66.5. The lowest BCUT2D eigenvalue weighted by molar-refractivity contribution is -0.143. The van der Waals surface area contributed by atoms with E-state index in [4.69, 9.17) is 62.6 Å². The topological polar surface area (TPSA) is 562 Å². The molecule has 6 aromatic carbocycles. The van der Waals surface area contributed by atoms with Crippen molar-refractivity contribution in [3.8, 4) is 52.5 Å². The maximum absolute atomic E-state index is 13.6. The van der Waals surface area contributed by atoms with Gasteiger partial charge in [0.2, 0.25) is 35.7 Å². The summed E-state index contributed by atoms with van der Waals surface area (Å²) in [5.74, 6) is -0.557. The Balaban J connectivity index is 0.000000214. The van der Waals surface area contributed by atoms with Gasteiger partial charge in [0, 0.05) is 61.4 Å². The second-order valence-corrected chi connectivity index (χ2v) is 33.2. The molecule has 9 heterocycles. The SMILES string of the molecule is CCOc1nc2nc(n1)Nc1ccc(C(=O)N[C@@H](CN)C(=O)O)c(c1)OCCCCCCOc1ccc(cc1)CN2.CCOc1nc2nc(n1)Nc1ccc(C(=O)N[C@@H](CNC(=O)OC(C)(C)C)C(=O)O)c(c1)OCCCCCCOc1ccc(cc1)CN2.CCOc1nc2nc(n1)Nc1ccc(C(=O)N[C@@H](CNC(=O)OC(C)(C)C)C(=O)OC)c(c1)OCCCCCCOc1ccc(cc1)CN2. The number of alkyl carbamates (subject to hydrolysis) is 2. The van der Waals surface area contributed by atoms with Crippen molar-refractivity contribution in [3.05, 3.63) is 161 Å². The number of carbonyl (C=O) groups excluding carboxylic acids is 6. The Hall–Kier alpha value is -15.3. The third-order valence-corrected chi connectivity index (χ3v) is 19.9. The molecule has 0 fully saturated rings. The minimum atomic E-state index is -1.43. The lowest BCUT2D eigenvalue weighted by Crippen LogP contribution is -2.49. The summed E-state index contributed by atoms with van der Waals surface area (Å²) in [6.45, 7) is 20.0. The molecule has 3 atom stereocenters. The Morgan fingerprint density at radius 3 is 0.942 bits per heavy atom. The number of hydrogen-bond donors (Lipinski definition) is 14. The Morgan fingerprint density at radius 2 is 0.659 bits per heavy atom. The maximum atomic E-state index is 13.6. The first kappa shape index (κ1) is 105. The number of amides is 5. The summed E-state index contributed by atoms with van der Waals surface area (Å²) in [6.07, 6.45) is 8.81. The number of carbonyl (C=O) groups is 8. The van der Waals surface area contributed by atoms with Gasteiger partial charge in [-0.05, 0) is 229 Å². The van der Waals surface area contributed by atoms with Gasteiger partial charge >= 0.3 is 48.1 Å². The number of aliphatic carboxylic acids is 2. The number of hydrogen-bond acceptors (Lipinski definition) is 36. The number of ether oxygens (including phenoxy) is 12. The number of carboxylic acids is 2. The summed E-state index contributed by atoms with van der Waals surface area (Å²) in [6, 6.07) is 34.4. The molecule has 740 valence electrons. The van der Waals surface area contributed by atoms with Crippen LogP contribution in [0.2, 0.25) is 0 Å². The van der Waals surface area contributed by atoms with E-state index < -0.39 is 83.7 Å². The standard InChI is InChI=1S/C34H45N7O8.C33H43N7O8.C28H35N7O6/c1-6-46-32-40-30-35-20-22-11-14-24(15-12-22)47-17-9-7-8-10-18-48-27-19-23(37-31(39-30)41-32)13-16-25(27)28(42)38-26(29(43)45-5)21-36-33(44)49-34(2,3)4;1-5-45-31-39-29-34-19-21-10-13-23(14-11-21)46-16-8-6-7-9-17-47-26-18-22(36-30(38-29)40-31)12-15-24(26)27(41)37-25(28(42)43)20-35-32(44)48-33(2,3)4;1-2-39-28-34-26-30-17-18-7-10-20(11-8-18)40-13-5-3-4-6-14-41-23-15-19(31-27(33-26)35-28)9-12-21(23)24(36)32-22(16-29)25(37)38/h11-16,19,26H,6-10,17-18,20-21H2,1-5H3,(H,36,44)(H,38,42)(H2,35,37,39,40,41);10-15,18,25H,5-9,16-17,19-20H2,1-4H3,(H,35,44)(H,37,41)(H,42,43)(H2,34,36,38,39,40);7-12,15,22H,2-6,13-14,16-17,29H2,1H3,(H,32,36)(H,37,38)(H2,30,31,33,34,35)/t26-;25-;22-/m000/s1. The number of benzene rings is 6. The fourth-order valence-corrected chi connectivity index (χ4v) is 13.1. The molecule has 3 aromatic heterocycles. The summed E-state index contributed by atoms with van der Waals surface area (Å²) in [4.78, 5) is 140. The van der Waals surface area contributed by atoms with E-state index in [2.05, 4.69) is 103 Å². The number of carboxylic acid groups (broad SMARTS) is 2. The predicted molar refractivity (Wildman–Crippen MR) is 510 cm³/mol. The maximum Gasteiger partial charge on any atom is 0.407 e. The Kier molecular flexibility index (Phi) is 40.7. The number of nitrogens with two attached hydrogens (primary N) is 1. The van der Waals surface area contributed by atoms with Gasteiger partial charge in [0.1, 0.15) is 63.8 Å². The van der Waals surface area contributed by atoms with Crippen LogP contribution < -0.4 is 107 Å². The van der Waals surface area contributed by atoms with Gasteiger partial charge in [-0.15, -0.1) is 0 Å². The van der Waals surface area contributed by atoms with Crippen molar-refractivity contribution < 1.29 is 105 Å². The molecule has 5 amide bonds. The van der Waals surface area contributed by atoms with Gasteiger partial charge in [-0.25, -0.2) is 24.0 Å². The van der Waals surface area contributed by atoms with Crippen molar-refractivity contribution in [2.24, 2.45) is 5.73 Å². The molecule has 0 spiro atoms.